The number of amides is 1. The minimum Gasteiger partial charge on any atom is -0.378 e. The van der Waals surface area contributed by atoms with Crippen molar-refractivity contribution in [2.24, 2.45) is 11.7 Å². The number of hydrogen-bond acceptors (Lipinski definition) is 3. The summed E-state index contributed by atoms with van der Waals surface area (Å²) < 4.78 is 6.03. The van der Waals surface area contributed by atoms with Gasteiger partial charge in [0.1, 0.15) is 5.54 Å². The second kappa shape index (κ2) is 7.41. The van der Waals surface area contributed by atoms with Crippen molar-refractivity contribution in [3.05, 3.63) is 0 Å². The number of nitrogens with two attached hydrogens (primary N) is 1. The molecule has 4 nitrogen and oxygen atoms in total. The molecule has 2 rings (SSSR count). The van der Waals surface area contributed by atoms with Gasteiger partial charge in [0.05, 0.1) is 6.10 Å². The molecule has 2 fully saturated rings. The molecule has 2 saturated carbocycles. The molecule has 0 aromatic rings. The Labute approximate surface area is 122 Å². The molecule has 0 aliphatic heterocycles. The molecule has 1 amide bonds. The van der Waals surface area contributed by atoms with E-state index in [1.54, 1.807) is 0 Å². The Hall–Kier alpha value is -0.610. The van der Waals surface area contributed by atoms with E-state index in [1.165, 1.54) is 25.7 Å². The van der Waals surface area contributed by atoms with Gasteiger partial charge in [-0.1, -0.05) is 26.2 Å². The van der Waals surface area contributed by atoms with Gasteiger partial charge < -0.3 is 15.8 Å². The lowest BCUT2D eigenvalue weighted by atomic mass is 9.79. The van der Waals surface area contributed by atoms with Crippen LogP contribution in [0.15, 0.2) is 0 Å². The maximum atomic E-state index is 11.9. The average molecular weight is 282 g/mol. The lowest BCUT2D eigenvalue weighted by Crippen LogP contribution is -2.59. The largest absolute Gasteiger partial charge is 0.378 e. The van der Waals surface area contributed by atoms with Crippen molar-refractivity contribution >= 4 is 5.91 Å². The molecule has 3 N–H and O–H groups in total. The molecule has 2 aliphatic rings. The third-order valence-electron chi connectivity index (χ3n) is 5.00. The van der Waals surface area contributed by atoms with E-state index in [4.69, 9.17) is 10.5 Å². The molecule has 2 aliphatic carbocycles. The van der Waals surface area contributed by atoms with Crippen LogP contribution < -0.4 is 11.1 Å². The summed E-state index contributed by atoms with van der Waals surface area (Å²) in [4.78, 5) is 11.9. The first kappa shape index (κ1) is 15.8. The third kappa shape index (κ3) is 3.95. The summed E-state index contributed by atoms with van der Waals surface area (Å²) in [6.07, 6.45) is 10.2. The van der Waals surface area contributed by atoms with Crippen molar-refractivity contribution in [3.63, 3.8) is 0 Å². The number of ether oxygens (including phenoxy) is 1. The van der Waals surface area contributed by atoms with Gasteiger partial charge in [-0.25, -0.2) is 0 Å². The van der Waals surface area contributed by atoms with Crippen LogP contribution in [-0.2, 0) is 9.53 Å². The van der Waals surface area contributed by atoms with Crippen molar-refractivity contribution in [2.75, 3.05) is 13.2 Å². The summed E-state index contributed by atoms with van der Waals surface area (Å²) in [6.45, 7) is 3.80. The van der Waals surface area contributed by atoms with E-state index in [0.717, 1.165) is 51.2 Å². The molecule has 116 valence electrons. The molecule has 0 radical (unpaired) electrons. The number of hydrogen-bond donors (Lipinski definition) is 2. The number of primary amides is 1. The predicted octanol–water partition coefficient (Wildman–Crippen LogP) is 2.36. The van der Waals surface area contributed by atoms with Gasteiger partial charge in [0.15, 0.2) is 0 Å². The fourth-order valence-corrected chi connectivity index (χ4v) is 3.39. The third-order valence-corrected chi connectivity index (χ3v) is 5.00. The highest BCUT2D eigenvalue weighted by Gasteiger charge is 2.41. The van der Waals surface area contributed by atoms with Crippen LogP contribution in [0.25, 0.3) is 0 Å². The van der Waals surface area contributed by atoms with Crippen LogP contribution in [0.3, 0.4) is 0 Å². The molecule has 20 heavy (non-hydrogen) atoms. The van der Waals surface area contributed by atoms with Crippen LogP contribution in [0.4, 0.5) is 0 Å². The Bertz CT molecular complexity index is 318. The van der Waals surface area contributed by atoms with E-state index in [1.807, 2.05) is 0 Å². The highest BCUT2D eigenvalue weighted by molar-refractivity contribution is 5.84. The highest BCUT2D eigenvalue weighted by atomic mass is 16.5. The van der Waals surface area contributed by atoms with Crippen LogP contribution in [0.5, 0.6) is 0 Å². The summed E-state index contributed by atoms with van der Waals surface area (Å²) in [6, 6.07) is 0. The van der Waals surface area contributed by atoms with Crippen molar-refractivity contribution in [3.8, 4) is 0 Å². The quantitative estimate of drug-likeness (QED) is 0.718. The van der Waals surface area contributed by atoms with Crippen LogP contribution >= 0.6 is 0 Å². The van der Waals surface area contributed by atoms with Gasteiger partial charge in [0.2, 0.25) is 5.91 Å². The van der Waals surface area contributed by atoms with Crippen LogP contribution in [0.1, 0.15) is 64.7 Å². The summed E-state index contributed by atoms with van der Waals surface area (Å²) >= 11 is 0. The molecule has 0 aromatic heterocycles. The Morgan fingerprint density at radius 1 is 1.35 bits per heavy atom. The average Bonchev–Trinajstić information content (AvgIpc) is 2.39. The maximum Gasteiger partial charge on any atom is 0.237 e. The monoisotopic (exact) mass is 282 g/mol. The van der Waals surface area contributed by atoms with Gasteiger partial charge >= 0.3 is 0 Å². The second-order valence-corrected chi connectivity index (χ2v) is 6.55. The van der Waals surface area contributed by atoms with Crippen molar-refractivity contribution in [2.45, 2.75) is 76.4 Å². The van der Waals surface area contributed by atoms with Gasteiger partial charge in [-0.05, 0) is 44.6 Å². The molecule has 0 aromatic carbocycles. The molecular formula is C16H30N2O2. The minimum absolute atomic E-state index is 0.195. The molecular weight excluding hydrogens is 252 g/mol. The van der Waals surface area contributed by atoms with E-state index in [-0.39, 0.29) is 12.0 Å². The van der Waals surface area contributed by atoms with Crippen LogP contribution in [0.2, 0.25) is 0 Å². The Morgan fingerprint density at radius 2 is 2.15 bits per heavy atom. The molecule has 4 heteroatoms. The number of rotatable bonds is 8. The molecule has 2 atom stereocenters. The fourth-order valence-electron chi connectivity index (χ4n) is 3.39. The van der Waals surface area contributed by atoms with Crippen LogP contribution in [-0.4, -0.2) is 30.7 Å². The van der Waals surface area contributed by atoms with E-state index in [0.29, 0.717) is 0 Å². The SMILES string of the molecule is CCCNC1(C(N)=O)CCCC(OCCC2CCC2)C1. The summed E-state index contributed by atoms with van der Waals surface area (Å²) in [5, 5.41) is 3.38. The second-order valence-electron chi connectivity index (χ2n) is 6.55. The number of carbonyl (C=O) groups excluding carboxylic acids is 1. The van der Waals surface area contributed by atoms with Crippen molar-refractivity contribution < 1.29 is 9.53 Å². The molecule has 0 heterocycles. The van der Waals surface area contributed by atoms with Gasteiger partial charge in [-0.15, -0.1) is 0 Å². The number of carbonyl (C=O) groups is 1. The standard InChI is InChI=1S/C16H30N2O2/c1-2-10-18-16(15(17)19)9-4-7-14(12-16)20-11-8-13-5-3-6-13/h13-14,18H,2-12H2,1H3,(H2,17,19). The molecule has 0 saturated heterocycles. The fraction of sp³-hybridized carbons (Fsp3) is 0.938. The topological polar surface area (TPSA) is 64.3 Å². The number of nitrogens with one attached hydrogen (secondary N) is 1. The first-order valence-corrected chi connectivity index (χ1v) is 8.33. The van der Waals surface area contributed by atoms with E-state index in [9.17, 15) is 4.79 Å². The Morgan fingerprint density at radius 3 is 2.75 bits per heavy atom. The molecule has 0 spiro atoms. The van der Waals surface area contributed by atoms with Gasteiger partial charge in [-0.2, -0.15) is 0 Å². The van der Waals surface area contributed by atoms with Gasteiger partial charge in [0.25, 0.3) is 0 Å². The normalized spacial score (nSPS) is 30.9. The molecule has 0 bridgehead atoms. The van der Waals surface area contributed by atoms with E-state index < -0.39 is 5.54 Å². The van der Waals surface area contributed by atoms with E-state index in [2.05, 4.69) is 12.2 Å². The zero-order valence-electron chi connectivity index (χ0n) is 12.8. The zero-order valence-corrected chi connectivity index (χ0v) is 12.8. The first-order chi connectivity index (χ1) is 9.66. The smallest absolute Gasteiger partial charge is 0.237 e. The Kier molecular flexibility index (Phi) is 5.85. The lowest BCUT2D eigenvalue weighted by molar-refractivity contribution is -0.128. The van der Waals surface area contributed by atoms with Gasteiger partial charge in [-0.3, -0.25) is 4.79 Å². The first-order valence-electron chi connectivity index (χ1n) is 8.33. The van der Waals surface area contributed by atoms with Gasteiger partial charge in [0, 0.05) is 13.0 Å². The zero-order chi connectivity index (χ0) is 14.4. The predicted molar refractivity (Wildman–Crippen MR) is 80.4 cm³/mol. The van der Waals surface area contributed by atoms with E-state index >= 15 is 0 Å². The summed E-state index contributed by atoms with van der Waals surface area (Å²) in [7, 11) is 0. The lowest BCUT2D eigenvalue weighted by Gasteiger charge is -2.39. The minimum atomic E-state index is -0.532. The van der Waals surface area contributed by atoms with Crippen molar-refractivity contribution in [1.29, 1.82) is 0 Å². The summed E-state index contributed by atoms with van der Waals surface area (Å²) in [5.41, 5.74) is 5.12. The Balaban J connectivity index is 1.79. The van der Waals surface area contributed by atoms with Crippen molar-refractivity contribution in [1.82, 2.24) is 5.32 Å². The highest BCUT2D eigenvalue weighted by Crippen LogP contribution is 2.32. The van der Waals surface area contributed by atoms with Crippen LogP contribution in [0, 0.1) is 5.92 Å². The molecule has 2 unspecified atom stereocenters. The maximum absolute atomic E-state index is 11.9. The summed E-state index contributed by atoms with van der Waals surface area (Å²) in [5.74, 6) is 0.677.